The molecule has 0 saturated carbocycles. The topological polar surface area (TPSA) is 49.4 Å². The summed E-state index contributed by atoms with van der Waals surface area (Å²) in [5.41, 5.74) is -0.707. The molecule has 1 fully saturated rings. The minimum atomic E-state index is -0.707. The first-order valence-electron chi connectivity index (χ1n) is 5.68. The van der Waals surface area contributed by atoms with Gasteiger partial charge in [-0.3, -0.25) is 9.69 Å². The molecule has 5 heteroatoms. The Morgan fingerprint density at radius 3 is 2.44 bits per heavy atom. The molecule has 4 nitrogen and oxygen atoms in total. The molecule has 0 bridgehead atoms. The van der Waals surface area contributed by atoms with E-state index in [-0.39, 0.29) is 11.9 Å². The van der Waals surface area contributed by atoms with Crippen LogP contribution >= 0.6 is 15.9 Å². The molecule has 0 aliphatic carbocycles. The van der Waals surface area contributed by atoms with E-state index >= 15 is 0 Å². The molecule has 0 aromatic heterocycles. The van der Waals surface area contributed by atoms with Gasteiger partial charge in [0, 0.05) is 11.9 Å². The van der Waals surface area contributed by atoms with E-state index in [2.05, 4.69) is 28.2 Å². The SMILES string of the molecule is CCC(CBr)CN1C(=O)NC(C)(CC)C1=O. The second kappa shape index (κ2) is 5.17. The molecule has 0 aromatic carbocycles. The molecular weight excluding hydrogens is 272 g/mol. The molecule has 92 valence electrons. The van der Waals surface area contributed by atoms with Crippen LogP contribution in [0.25, 0.3) is 0 Å². The second-order valence-electron chi connectivity index (χ2n) is 4.46. The number of halogens is 1. The third-order valence-corrected chi connectivity index (χ3v) is 4.20. The highest BCUT2D eigenvalue weighted by molar-refractivity contribution is 9.09. The number of carbonyl (C=O) groups excluding carboxylic acids is 2. The van der Waals surface area contributed by atoms with Gasteiger partial charge in [-0.25, -0.2) is 4.79 Å². The zero-order valence-electron chi connectivity index (χ0n) is 10.0. The molecule has 2 unspecified atom stereocenters. The number of imide groups is 1. The molecule has 0 radical (unpaired) electrons. The lowest BCUT2D eigenvalue weighted by Gasteiger charge is -2.21. The van der Waals surface area contributed by atoms with Crippen LogP contribution < -0.4 is 5.32 Å². The van der Waals surface area contributed by atoms with Crippen molar-refractivity contribution in [3.05, 3.63) is 0 Å². The maximum Gasteiger partial charge on any atom is 0.325 e. The third-order valence-electron chi connectivity index (χ3n) is 3.29. The molecule has 16 heavy (non-hydrogen) atoms. The lowest BCUT2D eigenvalue weighted by atomic mass is 9.99. The molecular formula is C11H19BrN2O2. The average Bonchev–Trinajstić information content (AvgIpc) is 2.49. The van der Waals surface area contributed by atoms with E-state index in [1.807, 2.05) is 6.92 Å². The Bertz CT molecular complexity index is 292. The number of hydrogen-bond donors (Lipinski definition) is 1. The van der Waals surface area contributed by atoms with Crippen LogP contribution in [0.5, 0.6) is 0 Å². The minimum absolute atomic E-state index is 0.0978. The molecule has 0 spiro atoms. The fourth-order valence-corrected chi connectivity index (χ4v) is 2.36. The highest BCUT2D eigenvalue weighted by Gasteiger charge is 2.46. The molecule has 1 rings (SSSR count). The largest absolute Gasteiger partial charge is 0.325 e. The summed E-state index contributed by atoms with van der Waals surface area (Å²) in [7, 11) is 0. The normalized spacial score (nSPS) is 27.1. The Labute approximate surface area is 105 Å². The fraction of sp³-hybridized carbons (Fsp3) is 0.818. The zero-order valence-corrected chi connectivity index (χ0v) is 11.6. The maximum absolute atomic E-state index is 12.1. The Hall–Kier alpha value is -0.580. The van der Waals surface area contributed by atoms with Crippen molar-refractivity contribution in [2.75, 3.05) is 11.9 Å². The molecule has 1 N–H and O–H groups in total. The van der Waals surface area contributed by atoms with Crippen LogP contribution in [0, 0.1) is 5.92 Å². The number of rotatable bonds is 5. The van der Waals surface area contributed by atoms with Crippen molar-refractivity contribution in [3.63, 3.8) is 0 Å². The monoisotopic (exact) mass is 290 g/mol. The van der Waals surface area contributed by atoms with Gasteiger partial charge in [0.25, 0.3) is 5.91 Å². The van der Waals surface area contributed by atoms with E-state index in [0.717, 1.165) is 11.8 Å². The molecule has 3 amide bonds. The summed E-state index contributed by atoms with van der Waals surface area (Å²) in [5.74, 6) is 0.230. The zero-order chi connectivity index (χ0) is 12.3. The van der Waals surface area contributed by atoms with E-state index < -0.39 is 5.54 Å². The van der Waals surface area contributed by atoms with Crippen LogP contribution in [-0.4, -0.2) is 34.3 Å². The number of amides is 3. The lowest BCUT2D eigenvalue weighted by Crippen LogP contribution is -2.43. The predicted octanol–water partition coefficient (Wildman–Crippen LogP) is 2.13. The van der Waals surface area contributed by atoms with Crippen molar-refractivity contribution < 1.29 is 9.59 Å². The van der Waals surface area contributed by atoms with Gasteiger partial charge in [0.1, 0.15) is 5.54 Å². The van der Waals surface area contributed by atoms with Gasteiger partial charge in [0.05, 0.1) is 0 Å². The van der Waals surface area contributed by atoms with Gasteiger partial charge in [-0.05, 0) is 19.3 Å². The van der Waals surface area contributed by atoms with Crippen LogP contribution in [0.2, 0.25) is 0 Å². The summed E-state index contributed by atoms with van der Waals surface area (Å²) in [6, 6.07) is -0.256. The van der Waals surface area contributed by atoms with E-state index in [1.165, 1.54) is 4.90 Å². The molecule has 0 aromatic rings. The maximum atomic E-state index is 12.1. The van der Waals surface area contributed by atoms with Crippen molar-refractivity contribution in [3.8, 4) is 0 Å². The van der Waals surface area contributed by atoms with Crippen molar-refractivity contribution in [2.24, 2.45) is 5.92 Å². The quantitative estimate of drug-likeness (QED) is 0.623. The predicted molar refractivity (Wildman–Crippen MR) is 66.5 cm³/mol. The van der Waals surface area contributed by atoms with Crippen molar-refractivity contribution in [1.82, 2.24) is 10.2 Å². The highest BCUT2D eigenvalue weighted by atomic mass is 79.9. The minimum Gasteiger partial charge on any atom is -0.323 e. The van der Waals surface area contributed by atoms with Crippen LogP contribution in [-0.2, 0) is 4.79 Å². The standard InChI is InChI=1S/C11H19BrN2O2/c1-4-8(6-12)7-14-9(15)11(3,5-2)13-10(14)16/h8H,4-7H2,1-3H3,(H,13,16). The van der Waals surface area contributed by atoms with E-state index in [0.29, 0.717) is 18.9 Å². The number of hydrogen-bond acceptors (Lipinski definition) is 2. The lowest BCUT2D eigenvalue weighted by molar-refractivity contribution is -0.131. The van der Waals surface area contributed by atoms with Gasteiger partial charge in [0.2, 0.25) is 0 Å². The summed E-state index contributed by atoms with van der Waals surface area (Å²) >= 11 is 3.40. The van der Waals surface area contributed by atoms with E-state index in [9.17, 15) is 9.59 Å². The summed E-state index contributed by atoms with van der Waals surface area (Å²) in [6.45, 7) is 6.25. The van der Waals surface area contributed by atoms with Gasteiger partial charge in [-0.1, -0.05) is 36.2 Å². The van der Waals surface area contributed by atoms with Gasteiger partial charge in [-0.15, -0.1) is 0 Å². The number of nitrogens with zero attached hydrogens (tertiary/aromatic N) is 1. The van der Waals surface area contributed by atoms with Gasteiger partial charge < -0.3 is 5.32 Å². The van der Waals surface area contributed by atoms with Crippen molar-refractivity contribution in [1.29, 1.82) is 0 Å². The third kappa shape index (κ3) is 2.39. The van der Waals surface area contributed by atoms with E-state index in [1.54, 1.807) is 6.92 Å². The molecule has 1 aliphatic rings. The van der Waals surface area contributed by atoms with Gasteiger partial charge in [-0.2, -0.15) is 0 Å². The molecule has 2 atom stereocenters. The Balaban J connectivity index is 2.75. The summed E-state index contributed by atoms with van der Waals surface area (Å²) in [4.78, 5) is 25.1. The summed E-state index contributed by atoms with van der Waals surface area (Å²) < 4.78 is 0. The Morgan fingerprint density at radius 2 is 2.06 bits per heavy atom. The first kappa shape index (κ1) is 13.5. The van der Waals surface area contributed by atoms with Crippen molar-refractivity contribution in [2.45, 2.75) is 39.2 Å². The van der Waals surface area contributed by atoms with E-state index in [4.69, 9.17) is 0 Å². The summed E-state index contributed by atoms with van der Waals surface area (Å²) in [5, 5.41) is 3.56. The van der Waals surface area contributed by atoms with Crippen LogP contribution in [0.3, 0.4) is 0 Å². The molecule has 1 aliphatic heterocycles. The van der Waals surface area contributed by atoms with Crippen molar-refractivity contribution >= 4 is 27.9 Å². The second-order valence-corrected chi connectivity index (χ2v) is 5.11. The highest BCUT2D eigenvalue weighted by Crippen LogP contribution is 2.22. The average molecular weight is 291 g/mol. The Kier molecular flexibility index (Phi) is 4.35. The van der Waals surface area contributed by atoms with Gasteiger partial charge >= 0.3 is 6.03 Å². The number of alkyl halides is 1. The number of carbonyl (C=O) groups is 2. The first-order valence-corrected chi connectivity index (χ1v) is 6.80. The number of urea groups is 1. The van der Waals surface area contributed by atoms with Gasteiger partial charge in [0.15, 0.2) is 0 Å². The van der Waals surface area contributed by atoms with Crippen LogP contribution in [0.4, 0.5) is 4.79 Å². The van der Waals surface area contributed by atoms with Crippen LogP contribution in [0.1, 0.15) is 33.6 Å². The fourth-order valence-electron chi connectivity index (χ4n) is 1.70. The first-order chi connectivity index (χ1) is 7.48. The summed E-state index contributed by atoms with van der Waals surface area (Å²) in [6.07, 6.45) is 1.57. The smallest absolute Gasteiger partial charge is 0.323 e. The Morgan fingerprint density at radius 1 is 1.44 bits per heavy atom. The molecule has 1 saturated heterocycles. The van der Waals surface area contributed by atoms with Crippen LogP contribution in [0.15, 0.2) is 0 Å². The number of nitrogens with one attached hydrogen (secondary N) is 1. The molecule has 1 heterocycles.